The van der Waals surface area contributed by atoms with Gasteiger partial charge in [-0.05, 0) is 36.4 Å². The monoisotopic (exact) mass is 495 g/mol. The van der Waals surface area contributed by atoms with Crippen LogP contribution in [0.3, 0.4) is 0 Å². The van der Waals surface area contributed by atoms with Crippen molar-refractivity contribution in [1.82, 2.24) is 4.90 Å². The van der Waals surface area contributed by atoms with Crippen LogP contribution in [-0.4, -0.2) is 54.2 Å². The lowest BCUT2D eigenvalue weighted by Crippen LogP contribution is -2.39. The molecule has 0 unspecified atom stereocenters. The Morgan fingerprint density at radius 1 is 1.00 bits per heavy atom. The third kappa shape index (κ3) is 5.47. The van der Waals surface area contributed by atoms with E-state index in [1.165, 1.54) is 24.3 Å². The van der Waals surface area contributed by atoms with E-state index in [-0.39, 0.29) is 39.8 Å². The van der Waals surface area contributed by atoms with Gasteiger partial charge in [-0.3, -0.25) is 28.9 Å². The number of primary amides is 1. The molecular formula is C21H16Cl2FN3O6. The molecule has 0 aromatic heterocycles. The highest BCUT2D eigenvalue weighted by atomic mass is 35.5. The van der Waals surface area contributed by atoms with Crippen LogP contribution in [0.5, 0.6) is 0 Å². The molecule has 172 valence electrons. The lowest BCUT2D eigenvalue weighted by molar-refractivity contribution is -0.148. The van der Waals surface area contributed by atoms with Crippen LogP contribution < -0.4 is 10.6 Å². The topological polar surface area (TPSA) is 127 Å². The first kappa shape index (κ1) is 24.1. The lowest BCUT2D eigenvalue weighted by atomic mass is 10.1. The number of nitrogens with zero attached hydrogens (tertiary/aromatic N) is 2. The summed E-state index contributed by atoms with van der Waals surface area (Å²) in [5, 5.41) is 0.145. The van der Waals surface area contributed by atoms with Gasteiger partial charge >= 0.3 is 5.97 Å². The smallest absolute Gasteiger partial charge is 0.326 e. The first-order valence-electron chi connectivity index (χ1n) is 9.43. The fourth-order valence-electron chi connectivity index (χ4n) is 3.06. The van der Waals surface area contributed by atoms with Crippen LogP contribution in [0.2, 0.25) is 10.0 Å². The molecule has 0 radical (unpaired) electrons. The summed E-state index contributed by atoms with van der Waals surface area (Å²) in [7, 11) is 0. The standard InChI is InChI=1S/C21H16Cl2FN3O6/c22-15-7-13-14(8-16(15)23)21(32)27(20(13)31)9-19(30)33-10-18(29)26(6-5-17(25)28)12-3-1-11(24)2-4-12/h1-4,7-8H,5-6,9-10H2,(H2,25,28). The highest BCUT2D eigenvalue weighted by Gasteiger charge is 2.38. The number of imide groups is 1. The maximum absolute atomic E-state index is 13.2. The van der Waals surface area contributed by atoms with Crippen LogP contribution in [0.4, 0.5) is 10.1 Å². The molecular weight excluding hydrogens is 480 g/mol. The largest absolute Gasteiger partial charge is 0.454 e. The van der Waals surface area contributed by atoms with Gasteiger partial charge in [0.15, 0.2) is 6.61 Å². The lowest BCUT2D eigenvalue weighted by Gasteiger charge is -2.22. The molecule has 1 aliphatic rings. The molecule has 4 amide bonds. The van der Waals surface area contributed by atoms with E-state index in [0.717, 1.165) is 17.0 Å². The van der Waals surface area contributed by atoms with Crippen molar-refractivity contribution in [1.29, 1.82) is 0 Å². The number of benzene rings is 2. The number of hydrogen-bond donors (Lipinski definition) is 1. The highest BCUT2D eigenvalue weighted by Crippen LogP contribution is 2.31. The number of carbonyl (C=O) groups is 5. The van der Waals surface area contributed by atoms with Crippen LogP contribution in [0, 0.1) is 5.82 Å². The molecule has 0 saturated carbocycles. The van der Waals surface area contributed by atoms with Crippen molar-refractivity contribution in [3.63, 3.8) is 0 Å². The van der Waals surface area contributed by atoms with Gasteiger partial charge in [0.1, 0.15) is 12.4 Å². The Labute approximate surface area is 196 Å². The van der Waals surface area contributed by atoms with Gasteiger partial charge in [0.05, 0.1) is 21.2 Å². The third-order valence-electron chi connectivity index (χ3n) is 4.68. The summed E-state index contributed by atoms with van der Waals surface area (Å²) in [6, 6.07) is 7.32. The van der Waals surface area contributed by atoms with Crippen molar-refractivity contribution >= 4 is 58.5 Å². The number of hydrogen-bond acceptors (Lipinski definition) is 6. The van der Waals surface area contributed by atoms with Crippen molar-refractivity contribution in [3.8, 4) is 0 Å². The highest BCUT2D eigenvalue weighted by molar-refractivity contribution is 6.43. The van der Waals surface area contributed by atoms with Gasteiger partial charge in [-0.25, -0.2) is 4.39 Å². The maximum atomic E-state index is 13.2. The molecule has 0 fully saturated rings. The quantitative estimate of drug-likeness (QED) is 0.441. The van der Waals surface area contributed by atoms with E-state index in [2.05, 4.69) is 0 Å². The average Bonchev–Trinajstić information content (AvgIpc) is 2.98. The molecule has 9 nitrogen and oxygen atoms in total. The zero-order chi connectivity index (χ0) is 24.3. The van der Waals surface area contributed by atoms with E-state index in [4.69, 9.17) is 33.7 Å². The normalized spacial score (nSPS) is 12.5. The minimum absolute atomic E-state index is 0.00721. The Kier molecular flexibility index (Phi) is 7.29. The molecule has 1 aliphatic heterocycles. The summed E-state index contributed by atoms with van der Waals surface area (Å²) < 4.78 is 18.1. The summed E-state index contributed by atoms with van der Waals surface area (Å²) in [4.78, 5) is 62.6. The number of ether oxygens (including phenoxy) is 1. The molecule has 3 rings (SSSR count). The predicted molar refractivity (Wildman–Crippen MR) is 115 cm³/mol. The molecule has 2 aromatic rings. The van der Waals surface area contributed by atoms with Gasteiger partial charge < -0.3 is 15.4 Å². The molecule has 0 bridgehead atoms. The minimum atomic E-state index is -1.02. The second kappa shape index (κ2) is 9.97. The summed E-state index contributed by atoms with van der Waals surface area (Å²) in [5.41, 5.74) is 5.37. The fourth-order valence-corrected chi connectivity index (χ4v) is 3.39. The van der Waals surface area contributed by atoms with Gasteiger partial charge in [0, 0.05) is 18.7 Å². The molecule has 12 heteroatoms. The van der Waals surface area contributed by atoms with Crippen LogP contribution in [0.15, 0.2) is 36.4 Å². The van der Waals surface area contributed by atoms with Crippen molar-refractivity contribution < 1.29 is 33.1 Å². The number of carbonyl (C=O) groups excluding carboxylic acids is 5. The van der Waals surface area contributed by atoms with Gasteiger partial charge in [-0.1, -0.05) is 23.2 Å². The predicted octanol–water partition coefficient (Wildman–Crippen LogP) is 2.18. The second-order valence-corrected chi connectivity index (χ2v) is 7.72. The molecule has 0 spiro atoms. The number of fused-ring (bicyclic) bond motifs is 1. The summed E-state index contributed by atoms with van der Waals surface area (Å²) in [5.74, 6) is -4.47. The van der Waals surface area contributed by atoms with E-state index in [9.17, 15) is 28.4 Å². The van der Waals surface area contributed by atoms with Gasteiger partial charge in [0.2, 0.25) is 5.91 Å². The van der Waals surface area contributed by atoms with Crippen molar-refractivity contribution in [2.24, 2.45) is 5.73 Å². The molecule has 0 saturated heterocycles. The number of rotatable bonds is 8. The third-order valence-corrected chi connectivity index (χ3v) is 5.40. The number of nitrogens with two attached hydrogens (primary N) is 1. The van der Waals surface area contributed by atoms with Crippen LogP contribution in [0.25, 0.3) is 0 Å². The number of esters is 1. The van der Waals surface area contributed by atoms with Gasteiger partial charge in [0.25, 0.3) is 17.7 Å². The average molecular weight is 496 g/mol. The molecule has 2 aromatic carbocycles. The maximum Gasteiger partial charge on any atom is 0.326 e. The van der Waals surface area contributed by atoms with Crippen molar-refractivity contribution in [2.45, 2.75) is 6.42 Å². The van der Waals surface area contributed by atoms with E-state index in [0.29, 0.717) is 4.90 Å². The summed E-state index contributed by atoms with van der Waals surface area (Å²) in [6.07, 6.45) is -0.183. The molecule has 33 heavy (non-hydrogen) atoms. The van der Waals surface area contributed by atoms with Crippen LogP contribution in [-0.2, 0) is 19.1 Å². The summed E-state index contributed by atoms with van der Waals surface area (Å²) >= 11 is 11.8. The molecule has 0 aliphatic carbocycles. The zero-order valence-electron chi connectivity index (χ0n) is 16.8. The number of amides is 4. The minimum Gasteiger partial charge on any atom is -0.454 e. The first-order chi connectivity index (χ1) is 15.6. The van der Waals surface area contributed by atoms with E-state index in [1.807, 2.05) is 0 Å². The Bertz CT molecular complexity index is 1110. The SMILES string of the molecule is NC(=O)CCN(C(=O)COC(=O)CN1C(=O)c2cc(Cl)c(Cl)cc2C1=O)c1ccc(F)cc1. The van der Waals surface area contributed by atoms with Gasteiger partial charge in [-0.15, -0.1) is 0 Å². The van der Waals surface area contributed by atoms with Crippen LogP contribution >= 0.6 is 23.2 Å². The van der Waals surface area contributed by atoms with Gasteiger partial charge in [-0.2, -0.15) is 0 Å². The Morgan fingerprint density at radius 3 is 2.06 bits per heavy atom. The van der Waals surface area contributed by atoms with E-state index >= 15 is 0 Å². The number of halogens is 3. The first-order valence-corrected chi connectivity index (χ1v) is 10.2. The zero-order valence-corrected chi connectivity index (χ0v) is 18.4. The van der Waals surface area contributed by atoms with Crippen molar-refractivity contribution in [3.05, 3.63) is 63.4 Å². The Morgan fingerprint density at radius 2 is 1.55 bits per heavy atom. The van der Waals surface area contributed by atoms with Crippen molar-refractivity contribution in [2.75, 3.05) is 24.6 Å². The molecule has 2 N–H and O–H groups in total. The van der Waals surface area contributed by atoms with E-state index < -0.39 is 48.6 Å². The Hall–Kier alpha value is -3.50. The fraction of sp³-hybridized carbons (Fsp3) is 0.190. The molecule has 1 heterocycles. The summed E-state index contributed by atoms with van der Waals surface area (Å²) in [6.45, 7) is -1.63. The molecule has 0 atom stereocenters. The van der Waals surface area contributed by atoms with Crippen LogP contribution in [0.1, 0.15) is 27.1 Å². The van der Waals surface area contributed by atoms with E-state index in [1.54, 1.807) is 0 Å². The second-order valence-electron chi connectivity index (χ2n) is 6.91. The Balaban J connectivity index is 1.64. The number of anilines is 1.